The van der Waals surface area contributed by atoms with Crippen molar-refractivity contribution in [2.24, 2.45) is 5.10 Å². The second-order valence-electron chi connectivity index (χ2n) is 5.81. The Labute approximate surface area is 144 Å². The molecule has 1 aromatic carbocycles. The highest BCUT2D eigenvalue weighted by atomic mass is 16.2. The van der Waals surface area contributed by atoms with Crippen molar-refractivity contribution < 1.29 is 9.59 Å². The number of anilines is 1. The van der Waals surface area contributed by atoms with Crippen LogP contribution in [-0.4, -0.2) is 17.5 Å². The monoisotopic (exact) mass is 331 g/mol. The summed E-state index contributed by atoms with van der Waals surface area (Å²) in [6, 6.07) is 6.86. The summed E-state index contributed by atoms with van der Waals surface area (Å²) in [6.07, 6.45) is 6.32. The third-order valence-electron chi connectivity index (χ3n) is 3.73. The minimum Gasteiger partial charge on any atom is -0.326 e. The van der Waals surface area contributed by atoms with Crippen LogP contribution < -0.4 is 10.7 Å². The molecule has 0 aliphatic heterocycles. The molecule has 5 heteroatoms. The van der Waals surface area contributed by atoms with E-state index in [2.05, 4.69) is 29.7 Å². The fraction of sp³-hybridized carbons (Fsp3) is 0.526. The van der Waals surface area contributed by atoms with Gasteiger partial charge in [0.2, 0.25) is 5.91 Å². The summed E-state index contributed by atoms with van der Waals surface area (Å²) in [4.78, 5) is 23.8. The van der Waals surface area contributed by atoms with E-state index < -0.39 is 0 Å². The van der Waals surface area contributed by atoms with Gasteiger partial charge in [-0.2, -0.15) is 5.10 Å². The number of hydrazone groups is 1. The average molecular weight is 331 g/mol. The van der Waals surface area contributed by atoms with Crippen molar-refractivity contribution in [3.63, 3.8) is 0 Å². The Balaban J connectivity index is 2.56. The summed E-state index contributed by atoms with van der Waals surface area (Å²) in [7, 11) is 0. The van der Waals surface area contributed by atoms with Crippen LogP contribution in [0.2, 0.25) is 0 Å². The minimum atomic E-state index is -0.235. The first kappa shape index (κ1) is 19.9. The second kappa shape index (κ2) is 11.4. The van der Waals surface area contributed by atoms with Gasteiger partial charge in [0.05, 0.1) is 0 Å². The van der Waals surface area contributed by atoms with Crippen molar-refractivity contribution in [3.8, 4) is 0 Å². The van der Waals surface area contributed by atoms with Crippen LogP contribution in [0.3, 0.4) is 0 Å². The summed E-state index contributed by atoms with van der Waals surface area (Å²) in [5.41, 5.74) is 4.84. The number of hydrogen-bond acceptors (Lipinski definition) is 3. The number of nitrogens with one attached hydrogen (secondary N) is 2. The van der Waals surface area contributed by atoms with E-state index in [1.807, 2.05) is 6.92 Å². The largest absolute Gasteiger partial charge is 0.326 e. The Morgan fingerprint density at radius 1 is 0.958 bits per heavy atom. The molecule has 0 bridgehead atoms. The topological polar surface area (TPSA) is 70.6 Å². The lowest BCUT2D eigenvalue weighted by Gasteiger charge is -2.07. The quantitative estimate of drug-likeness (QED) is 0.489. The maximum Gasteiger partial charge on any atom is 0.271 e. The number of benzene rings is 1. The van der Waals surface area contributed by atoms with Gasteiger partial charge in [-0.05, 0) is 49.9 Å². The number of unbranched alkanes of at least 4 members (excludes halogenated alkanes) is 2. The first-order valence-corrected chi connectivity index (χ1v) is 8.86. The van der Waals surface area contributed by atoms with Crippen LogP contribution in [-0.2, 0) is 4.79 Å². The maximum atomic E-state index is 12.1. The molecule has 2 N–H and O–H groups in total. The molecule has 0 fully saturated rings. The maximum absolute atomic E-state index is 12.1. The fourth-order valence-electron chi connectivity index (χ4n) is 2.15. The van der Waals surface area contributed by atoms with E-state index in [-0.39, 0.29) is 11.8 Å². The van der Waals surface area contributed by atoms with Crippen molar-refractivity contribution in [1.82, 2.24) is 5.43 Å². The molecule has 0 aliphatic rings. The molecule has 0 aliphatic carbocycles. The number of hydrogen-bond donors (Lipinski definition) is 2. The molecule has 1 rings (SSSR count). The Morgan fingerprint density at radius 3 is 2.17 bits per heavy atom. The van der Waals surface area contributed by atoms with Crippen LogP contribution in [0, 0.1) is 0 Å². The molecule has 0 unspecified atom stereocenters. The van der Waals surface area contributed by atoms with Gasteiger partial charge in [0.1, 0.15) is 0 Å². The van der Waals surface area contributed by atoms with E-state index >= 15 is 0 Å². The van der Waals surface area contributed by atoms with Crippen molar-refractivity contribution in [1.29, 1.82) is 0 Å². The molecule has 0 saturated carbocycles. The van der Waals surface area contributed by atoms with Gasteiger partial charge in [-0.15, -0.1) is 0 Å². The smallest absolute Gasteiger partial charge is 0.271 e. The van der Waals surface area contributed by atoms with E-state index in [0.29, 0.717) is 17.7 Å². The van der Waals surface area contributed by atoms with E-state index in [4.69, 9.17) is 0 Å². The predicted molar refractivity (Wildman–Crippen MR) is 99.3 cm³/mol. The standard InChI is InChI=1S/C19H29N3O2/c1-4-7-9-16(6-3)21-22-19(24)15-11-13-17(14-12-15)20-18(23)10-8-5-2/h11-14H,4-10H2,1-3H3,(H,20,23)(H,22,24)/b21-16+. The molecular weight excluding hydrogens is 302 g/mol. The van der Waals surface area contributed by atoms with Crippen LogP contribution >= 0.6 is 0 Å². The lowest BCUT2D eigenvalue weighted by Crippen LogP contribution is -2.19. The normalized spacial score (nSPS) is 11.2. The summed E-state index contributed by atoms with van der Waals surface area (Å²) >= 11 is 0. The lowest BCUT2D eigenvalue weighted by molar-refractivity contribution is -0.116. The van der Waals surface area contributed by atoms with E-state index in [1.54, 1.807) is 24.3 Å². The molecule has 24 heavy (non-hydrogen) atoms. The Hall–Kier alpha value is -2.17. The van der Waals surface area contributed by atoms with Crippen LogP contribution in [0.15, 0.2) is 29.4 Å². The molecule has 5 nitrogen and oxygen atoms in total. The summed E-state index contributed by atoms with van der Waals surface area (Å²) < 4.78 is 0. The lowest BCUT2D eigenvalue weighted by atomic mass is 10.1. The van der Waals surface area contributed by atoms with Crippen molar-refractivity contribution >= 4 is 23.2 Å². The number of carbonyl (C=O) groups is 2. The fourth-order valence-corrected chi connectivity index (χ4v) is 2.15. The molecule has 0 spiro atoms. The molecule has 2 amide bonds. The van der Waals surface area contributed by atoms with Gasteiger partial charge in [0.25, 0.3) is 5.91 Å². The zero-order chi connectivity index (χ0) is 17.8. The van der Waals surface area contributed by atoms with Gasteiger partial charge in [-0.1, -0.05) is 33.6 Å². The molecule has 0 heterocycles. The van der Waals surface area contributed by atoms with Crippen LogP contribution in [0.4, 0.5) is 5.69 Å². The third-order valence-corrected chi connectivity index (χ3v) is 3.73. The highest BCUT2D eigenvalue weighted by Gasteiger charge is 2.06. The summed E-state index contributed by atoms with van der Waals surface area (Å²) in [6.45, 7) is 6.22. The summed E-state index contributed by atoms with van der Waals surface area (Å²) in [5.74, 6) is -0.233. The van der Waals surface area contributed by atoms with Crippen LogP contribution in [0.5, 0.6) is 0 Å². The van der Waals surface area contributed by atoms with Crippen molar-refractivity contribution in [3.05, 3.63) is 29.8 Å². The molecule has 0 aromatic heterocycles. The van der Waals surface area contributed by atoms with Gasteiger partial charge in [0, 0.05) is 23.4 Å². The van der Waals surface area contributed by atoms with E-state index in [1.165, 1.54) is 0 Å². The number of carbonyl (C=O) groups excluding carboxylic acids is 2. The molecule has 0 saturated heterocycles. The zero-order valence-electron chi connectivity index (χ0n) is 15.0. The van der Waals surface area contributed by atoms with E-state index in [9.17, 15) is 9.59 Å². The molecule has 0 radical (unpaired) electrons. The first-order valence-electron chi connectivity index (χ1n) is 8.86. The highest BCUT2D eigenvalue weighted by molar-refractivity contribution is 5.96. The molecular formula is C19H29N3O2. The Morgan fingerprint density at radius 2 is 1.58 bits per heavy atom. The predicted octanol–water partition coefficient (Wildman–Crippen LogP) is 4.50. The van der Waals surface area contributed by atoms with Crippen LogP contribution in [0.25, 0.3) is 0 Å². The second-order valence-corrected chi connectivity index (χ2v) is 5.81. The van der Waals surface area contributed by atoms with Crippen LogP contribution in [0.1, 0.15) is 76.1 Å². The zero-order valence-corrected chi connectivity index (χ0v) is 15.0. The third kappa shape index (κ3) is 7.40. The average Bonchev–Trinajstić information content (AvgIpc) is 2.60. The SMILES string of the molecule is CCCCC(=O)Nc1ccc(C(=O)N/N=C(\CC)CCCC)cc1. The minimum absolute atomic E-state index is 0.00200. The molecule has 1 aromatic rings. The Kier molecular flexibility index (Phi) is 9.42. The van der Waals surface area contributed by atoms with Gasteiger partial charge < -0.3 is 5.32 Å². The first-order chi connectivity index (χ1) is 11.6. The van der Waals surface area contributed by atoms with Crippen molar-refractivity contribution in [2.75, 3.05) is 5.32 Å². The van der Waals surface area contributed by atoms with Crippen molar-refractivity contribution in [2.45, 2.75) is 65.7 Å². The number of amides is 2. The Bertz CT molecular complexity index is 550. The molecule has 132 valence electrons. The van der Waals surface area contributed by atoms with Gasteiger partial charge >= 0.3 is 0 Å². The number of nitrogens with zero attached hydrogens (tertiary/aromatic N) is 1. The molecule has 0 atom stereocenters. The highest BCUT2D eigenvalue weighted by Crippen LogP contribution is 2.11. The van der Waals surface area contributed by atoms with Gasteiger partial charge in [-0.25, -0.2) is 5.43 Å². The van der Waals surface area contributed by atoms with Gasteiger partial charge in [0.15, 0.2) is 0 Å². The summed E-state index contributed by atoms with van der Waals surface area (Å²) in [5, 5.41) is 7.04. The number of rotatable bonds is 10. The van der Waals surface area contributed by atoms with E-state index in [0.717, 1.165) is 44.2 Å². The van der Waals surface area contributed by atoms with Gasteiger partial charge in [-0.3, -0.25) is 9.59 Å².